The maximum atomic E-state index is 15.0. The van der Waals surface area contributed by atoms with Crippen LogP contribution in [0.25, 0.3) is 0 Å². The van der Waals surface area contributed by atoms with Crippen LogP contribution in [0, 0.1) is 68.0 Å². The van der Waals surface area contributed by atoms with Gasteiger partial charge < -0.3 is 74.8 Å². The number of anilines is 2. The number of nitrogens with two attached hydrogens (primary N) is 1. The van der Waals surface area contributed by atoms with Gasteiger partial charge >= 0.3 is 23.9 Å². The molecule has 2 aliphatic heterocycles. The van der Waals surface area contributed by atoms with Crippen molar-refractivity contribution in [1.82, 2.24) is 0 Å². The number of para-hydroxylation sites is 2. The molecule has 4 aromatic rings. The maximum absolute atomic E-state index is 15.0. The lowest BCUT2D eigenvalue weighted by Crippen LogP contribution is -2.74. The molecule has 2 heterocycles. The number of hydrogen-bond donors (Lipinski definition) is 7. The van der Waals surface area contributed by atoms with Crippen molar-refractivity contribution in [2.24, 2.45) is 73.7 Å². The van der Waals surface area contributed by atoms with Crippen LogP contribution in [-0.4, -0.2) is 149 Å². The van der Waals surface area contributed by atoms with Crippen LogP contribution in [0.5, 0.6) is 0 Å². The zero-order valence-corrected chi connectivity index (χ0v) is 62.2. The van der Waals surface area contributed by atoms with Gasteiger partial charge in [-0.05, 0) is 109 Å². The summed E-state index contributed by atoms with van der Waals surface area (Å²) in [5.74, 6) is -6.20. The van der Waals surface area contributed by atoms with Crippen molar-refractivity contribution >= 4 is 60.4 Å². The molecule has 4 bridgehead atoms. The van der Waals surface area contributed by atoms with Crippen molar-refractivity contribution in [3.05, 3.63) is 155 Å². The van der Waals surface area contributed by atoms with Gasteiger partial charge in [-0.3, -0.25) is 19.2 Å². The van der Waals surface area contributed by atoms with Gasteiger partial charge in [-0.25, -0.2) is 9.59 Å². The Hall–Kier alpha value is -7.76. The van der Waals surface area contributed by atoms with E-state index in [0.717, 1.165) is 5.69 Å². The summed E-state index contributed by atoms with van der Waals surface area (Å²) in [6, 6.07) is 35.4. The molecule has 0 amide bonds. The number of aliphatic hydroxyl groups excluding tert-OH is 2. The van der Waals surface area contributed by atoms with Gasteiger partial charge in [0.05, 0.1) is 72.2 Å². The zero-order valence-electron chi connectivity index (χ0n) is 62.2. The fourth-order valence-electron chi connectivity index (χ4n) is 20.9. The first kappa shape index (κ1) is 79.4. The molecule has 4 aromatic carbocycles. The Balaban J connectivity index is 0.000000228. The second-order valence-corrected chi connectivity index (χ2v) is 31.9. The average molecular weight is 1420 g/mol. The van der Waals surface area contributed by atoms with Gasteiger partial charge in [0.15, 0.2) is 6.10 Å². The minimum atomic E-state index is -1.58. The highest BCUT2D eigenvalue weighted by molar-refractivity contribution is 5.92. The van der Waals surface area contributed by atoms with Crippen LogP contribution in [0.4, 0.5) is 11.4 Å². The minimum absolute atomic E-state index is 0.0487. The quantitative estimate of drug-likeness (QED) is 0.0330. The molecular weight excluding hydrogens is 1310 g/mol. The first-order chi connectivity index (χ1) is 48.5. The molecule has 6 aliphatic carbocycles. The van der Waals surface area contributed by atoms with Gasteiger partial charge in [-0.2, -0.15) is 0 Å². The highest BCUT2D eigenvalue weighted by atomic mass is 16.6. The molecule has 0 radical (unpaired) electrons. The molecule has 103 heavy (non-hydrogen) atoms. The topological polar surface area (TPSA) is 323 Å². The van der Waals surface area contributed by atoms with E-state index in [2.05, 4.69) is 24.5 Å². The van der Waals surface area contributed by atoms with Crippen LogP contribution in [-0.2, 0) is 66.8 Å². The highest BCUT2D eigenvalue weighted by Gasteiger charge is 2.75. The number of carbonyl (C=O) groups excluding carboxylic acids is 8. The Morgan fingerprint density at radius 2 is 0.951 bits per heavy atom. The normalized spacial score (nSPS) is 36.0. The molecule has 6 fully saturated rings. The standard InChI is InChI=1S/C40H52N2O8.C40H51NO8.2CH2O/c1-22-27(49-36(46)33(50-30(44)20-41)32(25-14-10-8-11-15-25)42-26-16-12-9-13-17-26)19-40(47)24(3)34-38(6)21-48-29(38)18-28(43)39(34,7)35(45)23(2)31(22)37(40,4)5;1-22-28(49-36(45)33(43)32(26-15-11-9-12-16-26)41-27-17-13-10-14-18-27)20-40(46)24(3)34-38(7)21-47-29(38)19-30(48-25(4)42)39(34,8)35(44)23(2)31(22)37(40,5)6;2*1-2/h8-17,23-24,27-29,32-34,42-43,47H,18-21,41H2,1-7H3;9-18,23-24,28-30,32-34,41,43,46H,19-21H2,1-8H3;2*1H2/t23-,24+,27+,28+,29-,32+,33-,34-,38-,39-,40-;23-,24+,28+,29-,30+,32+,33-,34-,38-,39-,40-;;/m11../s1. The van der Waals surface area contributed by atoms with Crippen LogP contribution in [0.15, 0.2) is 144 Å². The molecule has 21 heteroatoms. The summed E-state index contributed by atoms with van der Waals surface area (Å²) in [5, 5.41) is 56.1. The van der Waals surface area contributed by atoms with E-state index in [-0.39, 0.29) is 36.6 Å². The molecule has 22 atom stereocenters. The van der Waals surface area contributed by atoms with Crippen LogP contribution >= 0.6 is 0 Å². The van der Waals surface area contributed by atoms with Gasteiger partial charge in [-0.1, -0.05) is 166 Å². The first-order valence-corrected chi connectivity index (χ1v) is 35.8. The summed E-state index contributed by atoms with van der Waals surface area (Å²) in [7, 11) is 0. The number of hydrogen-bond acceptors (Lipinski definition) is 21. The molecule has 0 spiro atoms. The van der Waals surface area contributed by atoms with Crippen molar-refractivity contribution in [3.8, 4) is 0 Å². The molecule has 8 N–H and O–H groups in total. The number of nitrogens with one attached hydrogen (secondary N) is 2. The molecule has 8 aliphatic rings. The summed E-state index contributed by atoms with van der Waals surface area (Å²) < 4.78 is 36.2. The average Bonchev–Trinajstić information content (AvgIpc) is 0.681. The smallest absolute Gasteiger partial charge is 0.350 e. The molecule has 4 saturated carbocycles. The molecule has 21 nitrogen and oxygen atoms in total. The first-order valence-electron chi connectivity index (χ1n) is 35.8. The summed E-state index contributed by atoms with van der Waals surface area (Å²) in [6.07, 6.45) is -6.07. The summed E-state index contributed by atoms with van der Waals surface area (Å²) in [6.45, 7) is 33.0. The lowest BCUT2D eigenvalue weighted by atomic mass is 9.40. The number of Topliss-reactive ketones (excluding diaryl/α,β-unsaturated/α-hetero) is 2. The second kappa shape index (κ2) is 30.0. The van der Waals surface area contributed by atoms with Gasteiger partial charge in [0.2, 0.25) is 6.10 Å². The Morgan fingerprint density at radius 1 is 0.573 bits per heavy atom. The fourth-order valence-corrected chi connectivity index (χ4v) is 20.9. The van der Waals surface area contributed by atoms with Crippen LogP contribution < -0.4 is 16.4 Å². The van der Waals surface area contributed by atoms with Crippen molar-refractivity contribution in [2.75, 3.05) is 30.4 Å². The fraction of sp³-hybridized carbons (Fsp3) is 0.561. The third kappa shape index (κ3) is 13.2. The van der Waals surface area contributed by atoms with Gasteiger partial charge in [-0.15, -0.1) is 0 Å². The van der Waals surface area contributed by atoms with Crippen molar-refractivity contribution in [3.63, 3.8) is 0 Å². The predicted octanol–water partition coefficient (Wildman–Crippen LogP) is 10.2. The van der Waals surface area contributed by atoms with E-state index in [4.69, 9.17) is 43.7 Å². The van der Waals surface area contributed by atoms with E-state index in [9.17, 15) is 44.4 Å². The largest absolute Gasteiger partial charge is 0.461 e. The van der Waals surface area contributed by atoms with Crippen molar-refractivity contribution in [1.29, 1.82) is 0 Å². The van der Waals surface area contributed by atoms with Gasteiger partial charge in [0.1, 0.15) is 43.5 Å². The van der Waals surface area contributed by atoms with E-state index >= 15 is 4.79 Å². The predicted molar refractivity (Wildman–Crippen MR) is 386 cm³/mol. The Morgan fingerprint density at radius 3 is 1.36 bits per heavy atom. The summed E-state index contributed by atoms with van der Waals surface area (Å²) >= 11 is 0. The number of carbonyl (C=O) groups is 8. The minimum Gasteiger partial charge on any atom is -0.461 e. The molecule has 2 saturated heterocycles. The molecule has 558 valence electrons. The second-order valence-electron chi connectivity index (χ2n) is 31.9. The highest BCUT2D eigenvalue weighted by Crippen LogP contribution is 2.70. The monoisotopic (exact) mass is 1420 g/mol. The number of rotatable bonds is 15. The van der Waals surface area contributed by atoms with Gasteiger partial charge in [0, 0.05) is 77.5 Å². The number of benzene rings is 4. The summed E-state index contributed by atoms with van der Waals surface area (Å²) in [4.78, 5) is 99.3. The number of fused-ring (bicyclic) bond motifs is 10. The third-order valence-electron chi connectivity index (χ3n) is 26.0. The van der Waals surface area contributed by atoms with Crippen molar-refractivity contribution in [2.45, 2.75) is 202 Å². The number of esters is 4. The van der Waals surface area contributed by atoms with E-state index in [1.165, 1.54) is 6.92 Å². The Labute approximate surface area is 605 Å². The van der Waals surface area contributed by atoms with Crippen molar-refractivity contribution < 1.29 is 87.2 Å². The summed E-state index contributed by atoms with van der Waals surface area (Å²) in [5.41, 5.74) is 3.47. The van der Waals surface area contributed by atoms with Gasteiger partial charge in [0.25, 0.3) is 0 Å². The van der Waals surface area contributed by atoms with E-state index in [1.807, 2.05) is 218 Å². The molecule has 0 aromatic heterocycles. The maximum Gasteiger partial charge on any atom is 0.350 e. The molecule has 12 rings (SSSR count). The Kier molecular flexibility index (Phi) is 23.1. The number of aliphatic hydroxyl groups is 4. The lowest BCUT2D eigenvalue weighted by Gasteiger charge is -2.69. The third-order valence-corrected chi connectivity index (χ3v) is 26.0. The SMILES string of the molecule is C=O.C=O.CC(=O)O[C@H]1C[C@H]2OC[C@@]2(C)[C@H]2[C@H](C)[C@]3(O)C[C@H](OC(=O)[C@H](O)[C@@H](Nc4ccccc4)c4ccccc4)C(C)=C([C@@H](C)C(=O)[C@]12C)C3(C)C.CC1=C2[C@@H](C)C(=O)[C@@]3(C)[C@H]([C@H](C)[C@](O)(C[C@@H]1OC(=O)[C@H](OC(=O)CN)[C@@H](Nc1ccccc1)c1ccccc1)C2(C)C)[C@]1(C)CO[C@@H]1C[C@@H]3O. The van der Waals surface area contributed by atoms with E-state index in [1.54, 1.807) is 0 Å². The van der Waals surface area contributed by atoms with E-state index in [0.29, 0.717) is 65.2 Å². The zero-order chi connectivity index (χ0) is 76.1. The van der Waals surface area contributed by atoms with Crippen LogP contribution in [0.3, 0.4) is 0 Å². The lowest BCUT2D eigenvalue weighted by molar-refractivity contribution is -0.302. The van der Waals surface area contributed by atoms with E-state index < -0.39 is 158 Å². The number of ketones is 2. The Bertz CT molecular complexity index is 3830. The number of ether oxygens (including phenoxy) is 6. The van der Waals surface area contributed by atoms with Crippen LogP contribution in [0.2, 0.25) is 0 Å². The molecular formula is C82H107N3O18. The molecule has 0 unspecified atom stereocenters. The van der Waals surface area contributed by atoms with Crippen LogP contribution in [0.1, 0.15) is 153 Å².